The molecule has 0 aliphatic heterocycles. The van der Waals surface area contributed by atoms with Crippen molar-refractivity contribution in [3.05, 3.63) is 53.9 Å². The van der Waals surface area contributed by atoms with E-state index in [0.717, 1.165) is 10.6 Å². The second-order valence-electron chi connectivity index (χ2n) is 8.50. The Morgan fingerprint density at radius 3 is 2.28 bits per heavy atom. The Bertz CT molecular complexity index is 1340. The van der Waals surface area contributed by atoms with Gasteiger partial charge in [-0.05, 0) is 57.3 Å². The van der Waals surface area contributed by atoms with Gasteiger partial charge in [0.25, 0.3) is 0 Å². The minimum absolute atomic E-state index is 0.0558. The van der Waals surface area contributed by atoms with Gasteiger partial charge in [-0.1, -0.05) is 32.9 Å². The van der Waals surface area contributed by atoms with Crippen LogP contribution in [-0.4, -0.2) is 59.7 Å². The Hall–Kier alpha value is -3.57. The van der Waals surface area contributed by atoms with Gasteiger partial charge in [0.05, 0.1) is 24.3 Å². The van der Waals surface area contributed by atoms with Gasteiger partial charge in [0, 0.05) is 24.1 Å². The summed E-state index contributed by atoms with van der Waals surface area (Å²) in [7, 11) is 1.30. The van der Waals surface area contributed by atoms with Crippen molar-refractivity contribution >= 4 is 45.3 Å². The number of carbonyl (C=O) groups is 2. The van der Waals surface area contributed by atoms with Crippen molar-refractivity contribution in [3.8, 4) is 11.3 Å². The maximum absolute atomic E-state index is 13.3. The van der Waals surface area contributed by atoms with Gasteiger partial charge in [-0.25, -0.2) is 12.8 Å². The van der Waals surface area contributed by atoms with Crippen LogP contribution in [-0.2, 0) is 19.6 Å². The monoisotopic (exact) mass is 563 g/mol. The number of nitrogens with one attached hydrogen (secondary N) is 1. The molecule has 0 atom stereocenters. The number of hydrogen-bond acceptors (Lipinski definition) is 8. The maximum Gasteiger partial charge on any atom is 0.305 e. The number of aldehydes is 1. The third-order valence-corrected chi connectivity index (χ3v) is 6.19. The molecule has 1 N–H and O–H groups in total. The molecule has 0 amide bonds. The molecule has 2 heterocycles. The number of nitrogens with zero attached hydrogens (tertiary/aromatic N) is 2. The summed E-state index contributed by atoms with van der Waals surface area (Å²) in [6.07, 6.45) is 5.32. The molecule has 0 aliphatic carbocycles. The molecule has 0 unspecified atom stereocenters. The lowest BCUT2D eigenvalue weighted by Crippen LogP contribution is -2.32. The lowest BCUT2D eigenvalue weighted by atomic mass is 10.1. The quantitative estimate of drug-likeness (QED) is 0.197. The number of furan rings is 1. The van der Waals surface area contributed by atoms with E-state index in [4.69, 9.17) is 4.42 Å². The van der Waals surface area contributed by atoms with Gasteiger partial charge in [-0.3, -0.25) is 13.9 Å². The minimum atomic E-state index is -3.74. The standard InChI is InChI=1S/C23H23FN2O6S.C3H8.C2H7N/c1-4-15-13-18-19(14-27)21(16-8-10-17(24)11-9-16)32-23(18)25-22(15)26(33(3,29)30)12-6-5-7-20(28)31-2;2*1-3-2/h4,8-11,13-14H,1,5-7,12H2,2-3H3;3H2,1-2H3;3H,1-2H3. The lowest BCUT2D eigenvalue weighted by Gasteiger charge is -2.22. The van der Waals surface area contributed by atoms with Gasteiger partial charge in [-0.15, -0.1) is 0 Å². The fraction of sp³-hybridized carbons (Fsp3) is 0.393. The molecule has 9 nitrogen and oxygen atoms in total. The molecule has 0 bridgehead atoms. The van der Waals surface area contributed by atoms with E-state index in [0.29, 0.717) is 35.6 Å². The van der Waals surface area contributed by atoms with Crippen LogP contribution >= 0.6 is 0 Å². The average molecular weight is 564 g/mol. The van der Waals surface area contributed by atoms with Crippen LogP contribution in [0.25, 0.3) is 28.5 Å². The fourth-order valence-corrected chi connectivity index (χ4v) is 4.31. The molecule has 39 heavy (non-hydrogen) atoms. The first kappa shape index (κ1) is 33.5. The molecule has 0 saturated heterocycles. The third kappa shape index (κ3) is 9.60. The number of esters is 1. The van der Waals surface area contributed by atoms with E-state index < -0.39 is 15.8 Å². The molecule has 1 aromatic carbocycles. The number of benzene rings is 1. The van der Waals surface area contributed by atoms with Crippen LogP contribution in [0.5, 0.6) is 0 Å². The van der Waals surface area contributed by atoms with Gasteiger partial charge < -0.3 is 14.5 Å². The average Bonchev–Trinajstić information content (AvgIpc) is 3.25. The zero-order valence-corrected chi connectivity index (χ0v) is 24.2. The van der Waals surface area contributed by atoms with Gasteiger partial charge in [0.2, 0.25) is 15.7 Å². The molecule has 0 aliphatic rings. The second kappa shape index (κ2) is 16.4. The van der Waals surface area contributed by atoms with Crippen LogP contribution in [0.3, 0.4) is 0 Å². The van der Waals surface area contributed by atoms with Crippen molar-refractivity contribution in [2.45, 2.75) is 39.5 Å². The number of hydrogen-bond donors (Lipinski definition) is 1. The van der Waals surface area contributed by atoms with Crippen molar-refractivity contribution in [1.82, 2.24) is 10.3 Å². The van der Waals surface area contributed by atoms with E-state index in [1.807, 2.05) is 14.1 Å². The van der Waals surface area contributed by atoms with Gasteiger partial charge in [-0.2, -0.15) is 4.98 Å². The maximum atomic E-state index is 13.3. The summed E-state index contributed by atoms with van der Waals surface area (Å²) >= 11 is 0. The number of anilines is 1. The number of aromatic nitrogens is 1. The molecule has 0 spiro atoms. The zero-order valence-electron chi connectivity index (χ0n) is 23.4. The molecule has 0 radical (unpaired) electrons. The number of rotatable bonds is 10. The first-order valence-electron chi connectivity index (χ1n) is 12.5. The Morgan fingerprint density at radius 1 is 1.21 bits per heavy atom. The summed E-state index contributed by atoms with van der Waals surface area (Å²) in [6.45, 7) is 8.06. The molecule has 0 fully saturated rings. The van der Waals surface area contributed by atoms with E-state index in [9.17, 15) is 22.4 Å². The van der Waals surface area contributed by atoms with Crippen LogP contribution in [0, 0.1) is 5.82 Å². The van der Waals surface area contributed by atoms with Crippen LogP contribution in [0.15, 0.2) is 41.3 Å². The predicted octanol–water partition coefficient (Wildman–Crippen LogP) is 5.45. The summed E-state index contributed by atoms with van der Waals surface area (Å²) in [5.74, 6) is -0.524. The Morgan fingerprint density at radius 2 is 1.79 bits per heavy atom. The smallest absolute Gasteiger partial charge is 0.305 e. The van der Waals surface area contributed by atoms with E-state index in [2.05, 4.69) is 35.5 Å². The summed E-state index contributed by atoms with van der Waals surface area (Å²) in [6, 6.07) is 7.01. The number of pyridine rings is 1. The van der Waals surface area contributed by atoms with Gasteiger partial charge in [0.15, 0.2) is 12.1 Å². The highest BCUT2D eigenvalue weighted by molar-refractivity contribution is 7.92. The Kier molecular flexibility index (Phi) is 14.1. The first-order chi connectivity index (χ1) is 18.5. The zero-order chi connectivity index (χ0) is 29.6. The van der Waals surface area contributed by atoms with Crippen LogP contribution in [0.2, 0.25) is 0 Å². The van der Waals surface area contributed by atoms with Crippen LogP contribution < -0.4 is 9.62 Å². The number of unbranched alkanes of at least 4 members (excludes halogenated alkanes) is 1. The number of methoxy groups -OCH3 is 1. The summed E-state index contributed by atoms with van der Waals surface area (Å²) in [4.78, 5) is 27.6. The van der Waals surface area contributed by atoms with E-state index in [-0.39, 0.29) is 41.8 Å². The summed E-state index contributed by atoms with van der Waals surface area (Å²) in [5.41, 5.74) is 1.12. The van der Waals surface area contributed by atoms with Crippen LogP contribution in [0.1, 0.15) is 55.5 Å². The van der Waals surface area contributed by atoms with E-state index >= 15 is 0 Å². The number of carbonyl (C=O) groups excluding carboxylic acids is 2. The molecular formula is C28H38FN3O6S. The third-order valence-electron chi connectivity index (χ3n) is 5.03. The highest BCUT2D eigenvalue weighted by atomic mass is 32.2. The van der Waals surface area contributed by atoms with E-state index in [1.54, 1.807) is 6.07 Å². The molecule has 3 rings (SSSR count). The summed E-state index contributed by atoms with van der Waals surface area (Å²) < 4.78 is 49.9. The number of halogens is 1. The number of ether oxygens (including phenoxy) is 1. The highest BCUT2D eigenvalue weighted by Gasteiger charge is 2.25. The topological polar surface area (TPSA) is 119 Å². The molecular weight excluding hydrogens is 525 g/mol. The Labute approximate surface area is 230 Å². The van der Waals surface area contributed by atoms with Crippen molar-refractivity contribution in [3.63, 3.8) is 0 Å². The van der Waals surface area contributed by atoms with Crippen molar-refractivity contribution in [1.29, 1.82) is 0 Å². The fourth-order valence-electron chi connectivity index (χ4n) is 3.39. The number of sulfonamides is 1. The predicted molar refractivity (Wildman–Crippen MR) is 154 cm³/mol. The molecule has 11 heteroatoms. The number of fused-ring (bicyclic) bond motifs is 1. The highest BCUT2D eigenvalue weighted by Crippen LogP contribution is 2.35. The normalized spacial score (nSPS) is 10.5. The lowest BCUT2D eigenvalue weighted by molar-refractivity contribution is -0.140. The van der Waals surface area contributed by atoms with Crippen molar-refractivity contribution in [2.24, 2.45) is 0 Å². The Balaban J connectivity index is 0.00000116. The van der Waals surface area contributed by atoms with Gasteiger partial charge >= 0.3 is 5.97 Å². The van der Waals surface area contributed by atoms with Crippen molar-refractivity contribution < 1.29 is 31.6 Å². The summed E-state index contributed by atoms with van der Waals surface area (Å²) in [5, 5.41) is 3.13. The van der Waals surface area contributed by atoms with E-state index in [1.165, 1.54) is 43.9 Å². The largest absolute Gasteiger partial charge is 0.469 e. The second-order valence-corrected chi connectivity index (χ2v) is 10.4. The molecule has 2 aromatic heterocycles. The SMILES string of the molecule is C=Cc1cc2c(C=O)c(-c3ccc(F)cc3)oc2nc1N(CCCCC(=O)OC)S(C)(=O)=O.CCC.CNC. The van der Waals surface area contributed by atoms with Crippen LogP contribution in [0.4, 0.5) is 10.2 Å². The minimum Gasteiger partial charge on any atom is -0.469 e. The first-order valence-corrected chi connectivity index (χ1v) is 14.3. The van der Waals surface area contributed by atoms with Gasteiger partial charge in [0.1, 0.15) is 11.6 Å². The molecule has 3 aromatic rings. The molecule has 214 valence electrons. The van der Waals surface area contributed by atoms with Crippen molar-refractivity contribution in [2.75, 3.05) is 38.3 Å². The molecule has 0 saturated carbocycles.